The van der Waals surface area contributed by atoms with Crippen molar-refractivity contribution in [3.8, 4) is 0 Å². The van der Waals surface area contributed by atoms with E-state index in [9.17, 15) is 4.79 Å². The summed E-state index contributed by atoms with van der Waals surface area (Å²) in [6, 6.07) is 14.9. The van der Waals surface area contributed by atoms with Gasteiger partial charge in [-0.05, 0) is 92.7 Å². The molecule has 1 fully saturated rings. The lowest BCUT2D eigenvalue weighted by Gasteiger charge is -2.22. The van der Waals surface area contributed by atoms with Crippen molar-refractivity contribution in [3.05, 3.63) is 76.5 Å². The van der Waals surface area contributed by atoms with Crippen molar-refractivity contribution < 1.29 is 9.53 Å². The van der Waals surface area contributed by atoms with Gasteiger partial charge in [-0.15, -0.1) is 0 Å². The Labute approximate surface area is 198 Å². The molecule has 174 valence electrons. The van der Waals surface area contributed by atoms with Crippen LogP contribution in [0.15, 0.2) is 59.2 Å². The zero-order chi connectivity index (χ0) is 23.0. The summed E-state index contributed by atoms with van der Waals surface area (Å²) in [6.45, 7) is 5.94. The van der Waals surface area contributed by atoms with E-state index in [0.717, 1.165) is 57.4 Å². The van der Waals surface area contributed by atoms with E-state index >= 15 is 0 Å². The van der Waals surface area contributed by atoms with Crippen LogP contribution in [-0.2, 0) is 16.0 Å². The van der Waals surface area contributed by atoms with Crippen LogP contribution in [0.4, 0.5) is 5.69 Å². The zero-order valence-electron chi connectivity index (χ0n) is 20.0. The molecule has 4 rings (SSSR count). The number of rotatable bonds is 7. The van der Waals surface area contributed by atoms with Crippen LogP contribution in [0.5, 0.6) is 0 Å². The molecule has 33 heavy (non-hydrogen) atoms. The smallest absolute Gasteiger partial charge is 0.224 e. The lowest BCUT2D eigenvalue weighted by molar-refractivity contribution is -0.117. The maximum absolute atomic E-state index is 12.5. The topological polar surface area (TPSA) is 50.7 Å². The normalized spacial score (nSPS) is 17.8. The molecular weight excluding hydrogens is 408 g/mol. The molecular formula is C29H36N2O2. The van der Waals surface area contributed by atoms with Gasteiger partial charge in [0.15, 0.2) is 0 Å². The van der Waals surface area contributed by atoms with Crippen LogP contribution in [0.2, 0.25) is 0 Å². The van der Waals surface area contributed by atoms with Crippen LogP contribution >= 0.6 is 0 Å². The predicted octanol–water partition coefficient (Wildman–Crippen LogP) is 6.52. The first kappa shape index (κ1) is 23.4. The Balaban J connectivity index is 1.47. The van der Waals surface area contributed by atoms with Crippen LogP contribution in [0.3, 0.4) is 0 Å². The number of ether oxygens (including phenoxy) is 1. The SMILES string of the molecule is Cc1cccc(C(Cc2ccc(NC(=O)CC3CCOCC3)cc2)C2=CCCCC=N2)c1C. The minimum atomic E-state index is 0.0980. The molecule has 2 aliphatic rings. The summed E-state index contributed by atoms with van der Waals surface area (Å²) >= 11 is 0. The lowest BCUT2D eigenvalue weighted by Crippen LogP contribution is -2.22. The molecule has 4 heteroatoms. The fourth-order valence-electron chi connectivity index (χ4n) is 4.82. The Morgan fingerprint density at radius 1 is 1.09 bits per heavy atom. The number of amides is 1. The van der Waals surface area contributed by atoms with E-state index in [1.807, 2.05) is 12.1 Å². The molecule has 0 spiro atoms. The van der Waals surface area contributed by atoms with Crippen molar-refractivity contribution in [2.24, 2.45) is 10.9 Å². The molecule has 2 aromatic carbocycles. The van der Waals surface area contributed by atoms with Crippen LogP contribution in [0, 0.1) is 19.8 Å². The van der Waals surface area contributed by atoms with Gasteiger partial charge in [0.25, 0.3) is 0 Å². The minimum absolute atomic E-state index is 0.0980. The molecule has 0 saturated carbocycles. The number of hydrogen-bond donors (Lipinski definition) is 1. The highest BCUT2D eigenvalue weighted by atomic mass is 16.5. The number of aryl methyl sites for hydroxylation is 1. The first-order valence-corrected chi connectivity index (χ1v) is 12.4. The second-order valence-electron chi connectivity index (χ2n) is 9.42. The number of aliphatic imine (C=N–C) groups is 1. The summed E-state index contributed by atoms with van der Waals surface area (Å²) in [6.07, 6.45) is 11.1. The highest BCUT2D eigenvalue weighted by molar-refractivity contribution is 5.90. The van der Waals surface area contributed by atoms with Gasteiger partial charge in [0, 0.05) is 43.2 Å². The molecule has 0 bridgehead atoms. The Morgan fingerprint density at radius 3 is 2.67 bits per heavy atom. The van der Waals surface area contributed by atoms with Crippen LogP contribution in [0.1, 0.15) is 66.7 Å². The van der Waals surface area contributed by atoms with Gasteiger partial charge in [-0.3, -0.25) is 9.79 Å². The van der Waals surface area contributed by atoms with Crippen molar-refractivity contribution in [1.29, 1.82) is 0 Å². The summed E-state index contributed by atoms with van der Waals surface area (Å²) in [7, 11) is 0. The first-order chi connectivity index (χ1) is 16.1. The summed E-state index contributed by atoms with van der Waals surface area (Å²) in [5.74, 6) is 0.763. The molecule has 0 radical (unpaired) electrons. The number of anilines is 1. The fourth-order valence-corrected chi connectivity index (χ4v) is 4.82. The fraction of sp³-hybridized carbons (Fsp3) is 0.448. The molecule has 2 aromatic rings. The largest absolute Gasteiger partial charge is 0.381 e. The number of benzene rings is 2. The number of allylic oxidation sites excluding steroid dienone is 2. The molecule has 0 aliphatic carbocycles. The van der Waals surface area contributed by atoms with Gasteiger partial charge in [0.05, 0.1) is 0 Å². The number of nitrogens with zero attached hydrogens (tertiary/aromatic N) is 1. The summed E-state index contributed by atoms with van der Waals surface area (Å²) < 4.78 is 5.40. The molecule has 1 unspecified atom stereocenters. The van der Waals surface area contributed by atoms with Gasteiger partial charge in [-0.25, -0.2) is 0 Å². The van der Waals surface area contributed by atoms with Gasteiger partial charge in [0.2, 0.25) is 5.91 Å². The van der Waals surface area contributed by atoms with E-state index in [4.69, 9.17) is 9.73 Å². The van der Waals surface area contributed by atoms with Gasteiger partial charge in [-0.1, -0.05) is 36.4 Å². The molecule has 1 atom stereocenters. The molecule has 4 nitrogen and oxygen atoms in total. The van der Waals surface area contributed by atoms with E-state index in [-0.39, 0.29) is 11.8 Å². The predicted molar refractivity (Wildman–Crippen MR) is 136 cm³/mol. The average molecular weight is 445 g/mol. The molecule has 2 heterocycles. The summed E-state index contributed by atoms with van der Waals surface area (Å²) in [5, 5.41) is 3.08. The van der Waals surface area contributed by atoms with Crippen molar-refractivity contribution in [1.82, 2.24) is 0 Å². The van der Waals surface area contributed by atoms with E-state index in [1.54, 1.807) is 0 Å². The number of carbonyl (C=O) groups excluding carboxylic acids is 1. The van der Waals surface area contributed by atoms with E-state index < -0.39 is 0 Å². The van der Waals surface area contributed by atoms with Crippen molar-refractivity contribution in [2.75, 3.05) is 18.5 Å². The monoisotopic (exact) mass is 444 g/mol. The van der Waals surface area contributed by atoms with Gasteiger partial charge < -0.3 is 10.1 Å². The zero-order valence-corrected chi connectivity index (χ0v) is 20.0. The summed E-state index contributed by atoms with van der Waals surface area (Å²) in [5.41, 5.74) is 7.32. The molecule has 2 aliphatic heterocycles. The van der Waals surface area contributed by atoms with Crippen molar-refractivity contribution in [3.63, 3.8) is 0 Å². The number of nitrogens with one attached hydrogen (secondary N) is 1. The molecule has 1 amide bonds. The third-order valence-electron chi connectivity index (χ3n) is 7.00. The van der Waals surface area contributed by atoms with Crippen molar-refractivity contribution in [2.45, 2.75) is 64.7 Å². The third kappa shape index (κ3) is 6.42. The third-order valence-corrected chi connectivity index (χ3v) is 7.00. The second kappa shape index (κ2) is 11.4. The van der Waals surface area contributed by atoms with E-state index in [1.165, 1.54) is 28.0 Å². The Hall–Kier alpha value is -2.72. The van der Waals surface area contributed by atoms with Gasteiger partial charge in [-0.2, -0.15) is 0 Å². The molecule has 0 aromatic heterocycles. The number of carbonyl (C=O) groups is 1. The van der Waals surface area contributed by atoms with Gasteiger partial charge >= 0.3 is 0 Å². The number of hydrogen-bond acceptors (Lipinski definition) is 3. The van der Waals surface area contributed by atoms with Crippen LogP contribution < -0.4 is 5.32 Å². The van der Waals surface area contributed by atoms with E-state index in [0.29, 0.717) is 12.3 Å². The van der Waals surface area contributed by atoms with Crippen LogP contribution in [0.25, 0.3) is 0 Å². The van der Waals surface area contributed by atoms with Gasteiger partial charge in [0.1, 0.15) is 0 Å². The maximum atomic E-state index is 12.5. The quantitative estimate of drug-likeness (QED) is 0.528. The minimum Gasteiger partial charge on any atom is -0.381 e. The average Bonchev–Trinajstić information content (AvgIpc) is 3.11. The van der Waals surface area contributed by atoms with Crippen molar-refractivity contribution >= 4 is 17.8 Å². The highest BCUT2D eigenvalue weighted by Crippen LogP contribution is 2.34. The Morgan fingerprint density at radius 2 is 1.88 bits per heavy atom. The molecule has 1 saturated heterocycles. The molecule has 1 N–H and O–H groups in total. The second-order valence-corrected chi connectivity index (χ2v) is 9.42. The standard InChI is InChI=1S/C29H36N2O2/c1-21-7-6-8-26(22(21)2)27(28-9-4-3-5-16-30-28)19-23-10-12-25(13-11-23)31-29(32)20-24-14-17-33-18-15-24/h6-13,16,24,27H,3-5,14-15,17-20H2,1-2H3,(H,31,32). The van der Waals surface area contributed by atoms with Crippen LogP contribution in [-0.4, -0.2) is 25.3 Å². The highest BCUT2D eigenvalue weighted by Gasteiger charge is 2.21. The lowest BCUT2D eigenvalue weighted by atomic mass is 9.85. The first-order valence-electron chi connectivity index (χ1n) is 12.4. The summed E-state index contributed by atoms with van der Waals surface area (Å²) in [4.78, 5) is 17.3. The Kier molecular flexibility index (Phi) is 8.11. The van der Waals surface area contributed by atoms with E-state index in [2.05, 4.69) is 61.8 Å². The maximum Gasteiger partial charge on any atom is 0.224 e. The Bertz CT molecular complexity index is 1000.